The molecule has 0 aliphatic heterocycles. The highest BCUT2D eigenvalue weighted by Gasteiger charge is 2.20. The van der Waals surface area contributed by atoms with Crippen LogP contribution in [0.25, 0.3) is 10.9 Å². The average Bonchev–Trinajstić information content (AvgIpc) is 3.10. The number of benzene rings is 1. The number of nitrogens with zero attached hydrogens (tertiary/aromatic N) is 5. The Labute approximate surface area is 149 Å². The van der Waals surface area contributed by atoms with E-state index in [2.05, 4.69) is 25.5 Å². The molecule has 3 aromatic rings. The van der Waals surface area contributed by atoms with Crippen LogP contribution in [0, 0.1) is 6.92 Å². The highest BCUT2D eigenvalue weighted by atomic mass is 32.2. The molecule has 0 unspecified atom stereocenters. The fraction of sp³-hybridized carbons (Fsp3) is 0.471. The van der Waals surface area contributed by atoms with Crippen LogP contribution in [0.15, 0.2) is 28.2 Å². The van der Waals surface area contributed by atoms with E-state index in [-0.39, 0.29) is 5.56 Å². The second-order valence-corrected chi connectivity index (χ2v) is 7.41. The van der Waals surface area contributed by atoms with Crippen molar-refractivity contribution in [3.8, 4) is 0 Å². The molecule has 1 N–H and O–H groups in total. The summed E-state index contributed by atoms with van der Waals surface area (Å²) >= 11 is 1.52. The molecule has 1 fully saturated rings. The van der Waals surface area contributed by atoms with Crippen molar-refractivity contribution >= 4 is 22.7 Å². The van der Waals surface area contributed by atoms with E-state index in [1.165, 1.54) is 31.0 Å². The first kappa shape index (κ1) is 16.3. The predicted octanol–water partition coefficient (Wildman–Crippen LogP) is 3.02. The minimum absolute atomic E-state index is 0.101. The van der Waals surface area contributed by atoms with Gasteiger partial charge in [0.25, 0.3) is 5.56 Å². The van der Waals surface area contributed by atoms with Crippen molar-refractivity contribution in [1.82, 2.24) is 30.2 Å². The molecule has 8 heteroatoms. The SMILES string of the molecule is Cc1cccc2c(=O)[nH]c(CSc3nnnn3C3CCCCC3)nc12. The van der Waals surface area contributed by atoms with E-state index in [1.807, 2.05) is 23.7 Å². The Kier molecular flexibility index (Phi) is 4.52. The van der Waals surface area contributed by atoms with E-state index in [4.69, 9.17) is 0 Å². The van der Waals surface area contributed by atoms with Crippen LogP contribution in [-0.4, -0.2) is 30.2 Å². The van der Waals surface area contributed by atoms with Gasteiger partial charge in [-0.2, -0.15) is 0 Å². The van der Waals surface area contributed by atoms with Crippen molar-refractivity contribution in [3.63, 3.8) is 0 Å². The number of para-hydroxylation sites is 1. The molecule has 0 amide bonds. The van der Waals surface area contributed by atoms with Crippen LogP contribution in [0.2, 0.25) is 0 Å². The highest BCUT2D eigenvalue weighted by Crippen LogP contribution is 2.30. The fourth-order valence-electron chi connectivity index (χ4n) is 3.39. The molecule has 2 aromatic heterocycles. The number of H-pyrrole nitrogens is 1. The number of aromatic amines is 1. The maximum atomic E-state index is 12.3. The molecule has 1 aromatic carbocycles. The number of rotatable bonds is 4. The summed E-state index contributed by atoms with van der Waals surface area (Å²) in [5.41, 5.74) is 1.66. The summed E-state index contributed by atoms with van der Waals surface area (Å²) in [5, 5.41) is 13.6. The summed E-state index contributed by atoms with van der Waals surface area (Å²) in [6, 6.07) is 6.03. The molecule has 25 heavy (non-hydrogen) atoms. The Balaban J connectivity index is 1.56. The summed E-state index contributed by atoms with van der Waals surface area (Å²) in [4.78, 5) is 19.8. The fourth-order valence-corrected chi connectivity index (χ4v) is 4.20. The number of thioether (sulfide) groups is 1. The molecule has 0 atom stereocenters. The zero-order chi connectivity index (χ0) is 17.2. The van der Waals surface area contributed by atoms with Gasteiger partial charge in [-0.1, -0.05) is 43.2 Å². The van der Waals surface area contributed by atoms with Gasteiger partial charge < -0.3 is 4.98 Å². The van der Waals surface area contributed by atoms with Crippen molar-refractivity contribution in [2.45, 2.75) is 56.0 Å². The minimum Gasteiger partial charge on any atom is -0.309 e. The Morgan fingerprint density at radius 3 is 2.96 bits per heavy atom. The molecule has 1 aliphatic carbocycles. The number of aryl methyl sites for hydroxylation is 1. The van der Waals surface area contributed by atoms with Crippen LogP contribution in [0.1, 0.15) is 49.5 Å². The largest absolute Gasteiger partial charge is 0.309 e. The van der Waals surface area contributed by atoms with Crippen LogP contribution < -0.4 is 5.56 Å². The molecule has 0 saturated heterocycles. The first-order valence-corrected chi connectivity index (χ1v) is 9.60. The predicted molar refractivity (Wildman–Crippen MR) is 96.6 cm³/mol. The second kappa shape index (κ2) is 6.95. The number of aromatic nitrogens is 6. The van der Waals surface area contributed by atoms with Gasteiger partial charge in [-0.05, 0) is 41.8 Å². The van der Waals surface area contributed by atoms with Crippen LogP contribution >= 0.6 is 11.8 Å². The molecule has 1 aliphatic rings. The minimum atomic E-state index is -0.101. The molecule has 0 bridgehead atoms. The zero-order valence-electron chi connectivity index (χ0n) is 14.1. The van der Waals surface area contributed by atoms with Crippen LogP contribution in [0.3, 0.4) is 0 Å². The Bertz CT molecular complexity index is 944. The lowest BCUT2D eigenvalue weighted by atomic mass is 9.96. The third-order valence-electron chi connectivity index (χ3n) is 4.71. The Hall–Kier alpha value is -2.22. The first-order valence-electron chi connectivity index (χ1n) is 8.61. The summed E-state index contributed by atoms with van der Waals surface area (Å²) in [7, 11) is 0. The number of hydrogen-bond acceptors (Lipinski definition) is 6. The van der Waals surface area contributed by atoms with Gasteiger partial charge in [0.1, 0.15) is 5.82 Å². The number of fused-ring (bicyclic) bond motifs is 1. The molecule has 1 saturated carbocycles. The van der Waals surface area contributed by atoms with E-state index in [0.717, 1.165) is 29.1 Å². The zero-order valence-corrected chi connectivity index (χ0v) is 14.9. The summed E-state index contributed by atoms with van der Waals surface area (Å²) in [6.45, 7) is 1.97. The van der Waals surface area contributed by atoms with Gasteiger partial charge in [0, 0.05) is 0 Å². The molecule has 0 spiro atoms. The van der Waals surface area contributed by atoms with E-state index in [1.54, 1.807) is 6.07 Å². The van der Waals surface area contributed by atoms with E-state index >= 15 is 0 Å². The summed E-state index contributed by atoms with van der Waals surface area (Å²) in [6.07, 6.45) is 6.01. The third-order valence-corrected chi connectivity index (χ3v) is 5.65. The Morgan fingerprint density at radius 1 is 1.28 bits per heavy atom. The average molecular weight is 356 g/mol. The summed E-state index contributed by atoms with van der Waals surface area (Å²) < 4.78 is 1.94. The second-order valence-electron chi connectivity index (χ2n) is 6.47. The topological polar surface area (TPSA) is 89.4 Å². The van der Waals surface area contributed by atoms with Gasteiger partial charge in [-0.3, -0.25) is 4.79 Å². The number of tetrazole rings is 1. The Morgan fingerprint density at radius 2 is 2.12 bits per heavy atom. The van der Waals surface area contributed by atoms with Crippen LogP contribution in [0.5, 0.6) is 0 Å². The molecule has 0 radical (unpaired) electrons. The van der Waals surface area contributed by atoms with Crippen LogP contribution in [0.4, 0.5) is 0 Å². The monoisotopic (exact) mass is 356 g/mol. The molecule has 130 valence electrons. The standard InChI is InChI=1S/C17H20N6OS/c1-11-6-5-9-13-15(11)18-14(19-16(13)24)10-25-17-20-21-22-23(17)12-7-3-2-4-8-12/h5-6,9,12H,2-4,7-8,10H2,1H3,(H,18,19,24). The molecular weight excluding hydrogens is 336 g/mol. The third kappa shape index (κ3) is 3.30. The van der Waals surface area contributed by atoms with E-state index in [9.17, 15) is 4.79 Å². The number of nitrogens with one attached hydrogen (secondary N) is 1. The smallest absolute Gasteiger partial charge is 0.258 e. The van der Waals surface area contributed by atoms with Gasteiger partial charge in [-0.15, -0.1) is 5.10 Å². The van der Waals surface area contributed by atoms with Crippen molar-refractivity contribution < 1.29 is 0 Å². The molecular formula is C17H20N6OS. The van der Waals surface area contributed by atoms with Crippen molar-refractivity contribution in [2.24, 2.45) is 0 Å². The lowest BCUT2D eigenvalue weighted by Crippen LogP contribution is -2.15. The molecule has 7 nitrogen and oxygen atoms in total. The molecule has 4 rings (SSSR count). The van der Waals surface area contributed by atoms with Gasteiger partial charge in [0.2, 0.25) is 5.16 Å². The van der Waals surface area contributed by atoms with Crippen molar-refractivity contribution in [3.05, 3.63) is 39.9 Å². The lowest BCUT2D eigenvalue weighted by molar-refractivity contribution is 0.307. The van der Waals surface area contributed by atoms with Gasteiger partial charge in [0.05, 0.1) is 22.7 Å². The normalized spacial score (nSPS) is 15.7. The van der Waals surface area contributed by atoms with Crippen molar-refractivity contribution in [1.29, 1.82) is 0 Å². The van der Waals surface area contributed by atoms with Gasteiger partial charge >= 0.3 is 0 Å². The van der Waals surface area contributed by atoms with Crippen LogP contribution in [-0.2, 0) is 5.75 Å². The quantitative estimate of drug-likeness (QED) is 0.723. The van der Waals surface area contributed by atoms with E-state index in [0.29, 0.717) is 23.0 Å². The summed E-state index contributed by atoms with van der Waals surface area (Å²) in [5.74, 6) is 1.18. The van der Waals surface area contributed by atoms with E-state index < -0.39 is 0 Å². The van der Waals surface area contributed by atoms with Gasteiger partial charge in [0.15, 0.2) is 0 Å². The first-order chi connectivity index (χ1) is 12.2. The maximum Gasteiger partial charge on any atom is 0.258 e. The highest BCUT2D eigenvalue weighted by molar-refractivity contribution is 7.98. The van der Waals surface area contributed by atoms with Crippen molar-refractivity contribution in [2.75, 3.05) is 0 Å². The van der Waals surface area contributed by atoms with Gasteiger partial charge in [-0.25, -0.2) is 9.67 Å². The maximum absolute atomic E-state index is 12.3. The molecule has 2 heterocycles. The lowest BCUT2D eigenvalue weighted by Gasteiger charge is -2.21. The number of hydrogen-bond donors (Lipinski definition) is 1.